The number of piperazine rings is 1. The van der Waals surface area contributed by atoms with E-state index < -0.39 is 11.8 Å². The van der Waals surface area contributed by atoms with Crippen LogP contribution in [0.15, 0.2) is 18.2 Å². The third-order valence-corrected chi connectivity index (χ3v) is 3.32. The summed E-state index contributed by atoms with van der Waals surface area (Å²) in [6, 6.07) is 6.28. The lowest BCUT2D eigenvalue weighted by Gasteiger charge is -2.33. The number of halogens is 1. The third kappa shape index (κ3) is 4.02. The maximum Gasteiger partial charge on any atom is 0.317 e. The predicted molar refractivity (Wildman–Crippen MR) is 70.5 cm³/mol. The van der Waals surface area contributed by atoms with Crippen molar-refractivity contribution in [3.63, 3.8) is 0 Å². The highest BCUT2D eigenvalue weighted by Gasteiger charge is 2.18. The molecule has 0 atom stereocenters. The monoisotopic (exact) mass is 277 g/mol. The molecule has 1 aliphatic heterocycles. The van der Waals surface area contributed by atoms with Gasteiger partial charge in [-0.25, -0.2) is 4.39 Å². The van der Waals surface area contributed by atoms with Crippen molar-refractivity contribution in [2.45, 2.75) is 6.54 Å². The lowest BCUT2D eigenvalue weighted by molar-refractivity contribution is -0.138. The van der Waals surface area contributed by atoms with E-state index in [2.05, 4.69) is 4.90 Å². The van der Waals surface area contributed by atoms with Crippen molar-refractivity contribution in [3.8, 4) is 6.07 Å². The first-order valence-electron chi connectivity index (χ1n) is 6.43. The number of nitrogens with zero attached hydrogens (tertiary/aromatic N) is 3. The van der Waals surface area contributed by atoms with E-state index in [9.17, 15) is 9.18 Å². The van der Waals surface area contributed by atoms with Crippen LogP contribution in [0.5, 0.6) is 0 Å². The first-order chi connectivity index (χ1) is 9.56. The van der Waals surface area contributed by atoms with Crippen LogP contribution >= 0.6 is 0 Å². The van der Waals surface area contributed by atoms with Gasteiger partial charge in [-0.3, -0.25) is 14.6 Å². The zero-order valence-electron chi connectivity index (χ0n) is 11.0. The molecule has 0 unspecified atom stereocenters. The molecular formula is C14H16FN3O2. The SMILES string of the molecule is N#Cc1cc(F)cc(CN2CCN(CC(=O)O)CC2)c1. The van der Waals surface area contributed by atoms with E-state index in [1.165, 1.54) is 12.1 Å². The van der Waals surface area contributed by atoms with Crippen LogP contribution in [0.4, 0.5) is 4.39 Å². The number of benzene rings is 1. The molecular weight excluding hydrogens is 261 g/mol. The Labute approximate surface area is 116 Å². The summed E-state index contributed by atoms with van der Waals surface area (Å²) in [5.74, 6) is -1.22. The van der Waals surface area contributed by atoms with E-state index in [4.69, 9.17) is 10.4 Å². The molecule has 106 valence electrons. The number of carbonyl (C=O) groups is 1. The molecule has 1 aromatic carbocycles. The highest BCUT2D eigenvalue weighted by atomic mass is 19.1. The van der Waals surface area contributed by atoms with E-state index in [1.807, 2.05) is 11.0 Å². The molecule has 20 heavy (non-hydrogen) atoms. The number of hydrogen-bond acceptors (Lipinski definition) is 4. The van der Waals surface area contributed by atoms with Gasteiger partial charge in [0, 0.05) is 32.7 Å². The van der Waals surface area contributed by atoms with E-state index in [0.29, 0.717) is 25.2 Å². The lowest BCUT2D eigenvalue weighted by atomic mass is 10.1. The molecule has 0 bridgehead atoms. The van der Waals surface area contributed by atoms with Crippen molar-refractivity contribution >= 4 is 5.97 Å². The van der Waals surface area contributed by atoms with Crippen LogP contribution in [0, 0.1) is 17.1 Å². The van der Waals surface area contributed by atoms with E-state index in [1.54, 1.807) is 6.07 Å². The van der Waals surface area contributed by atoms with Gasteiger partial charge in [0.1, 0.15) is 5.82 Å². The Bertz CT molecular complexity index is 534. The van der Waals surface area contributed by atoms with Crippen LogP contribution in [0.25, 0.3) is 0 Å². The molecule has 1 heterocycles. The van der Waals surface area contributed by atoms with Crippen LogP contribution < -0.4 is 0 Å². The normalized spacial score (nSPS) is 16.8. The van der Waals surface area contributed by atoms with Crippen molar-refractivity contribution in [2.75, 3.05) is 32.7 Å². The second-order valence-corrected chi connectivity index (χ2v) is 4.91. The predicted octanol–water partition coefficient (Wildman–Crippen LogP) is 0.900. The average molecular weight is 277 g/mol. The summed E-state index contributed by atoms with van der Waals surface area (Å²) in [5.41, 5.74) is 1.10. The van der Waals surface area contributed by atoms with Crippen LogP contribution in [0.2, 0.25) is 0 Å². The van der Waals surface area contributed by atoms with E-state index in [-0.39, 0.29) is 6.54 Å². The number of nitriles is 1. The van der Waals surface area contributed by atoms with Crippen LogP contribution in [-0.2, 0) is 11.3 Å². The fourth-order valence-electron chi connectivity index (χ4n) is 2.36. The molecule has 0 spiro atoms. The average Bonchev–Trinajstić information content (AvgIpc) is 2.39. The second kappa shape index (κ2) is 6.46. The van der Waals surface area contributed by atoms with Crippen LogP contribution in [-0.4, -0.2) is 53.6 Å². The minimum Gasteiger partial charge on any atom is -0.480 e. The largest absolute Gasteiger partial charge is 0.480 e. The molecule has 1 N–H and O–H groups in total. The maximum absolute atomic E-state index is 13.3. The van der Waals surface area contributed by atoms with Gasteiger partial charge in [0.2, 0.25) is 0 Å². The van der Waals surface area contributed by atoms with Gasteiger partial charge in [-0.1, -0.05) is 0 Å². The first kappa shape index (κ1) is 14.4. The van der Waals surface area contributed by atoms with Gasteiger partial charge in [0.05, 0.1) is 18.2 Å². The Morgan fingerprint density at radius 3 is 2.50 bits per heavy atom. The van der Waals surface area contributed by atoms with Crippen LogP contribution in [0.3, 0.4) is 0 Å². The maximum atomic E-state index is 13.3. The Morgan fingerprint density at radius 2 is 1.90 bits per heavy atom. The van der Waals surface area contributed by atoms with E-state index >= 15 is 0 Å². The van der Waals surface area contributed by atoms with Gasteiger partial charge in [0.15, 0.2) is 0 Å². The Kier molecular flexibility index (Phi) is 4.66. The van der Waals surface area contributed by atoms with Gasteiger partial charge < -0.3 is 5.11 Å². The quantitative estimate of drug-likeness (QED) is 0.885. The standard InChI is InChI=1S/C14H16FN3O2/c15-13-6-11(8-16)5-12(7-13)9-17-1-3-18(4-2-17)10-14(19)20/h5-7H,1-4,9-10H2,(H,19,20). The minimum atomic E-state index is -0.817. The summed E-state index contributed by atoms with van der Waals surface area (Å²) in [6.07, 6.45) is 0. The number of aliphatic carboxylic acids is 1. The topological polar surface area (TPSA) is 67.6 Å². The van der Waals surface area contributed by atoms with Gasteiger partial charge >= 0.3 is 5.97 Å². The fraction of sp³-hybridized carbons (Fsp3) is 0.429. The minimum absolute atomic E-state index is 0.0619. The Balaban J connectivity index is 1.91. The Morgan fingerprint density at radius 1 is 1.25 bits per heavy atom. The fourth-order valence-corrected chi connectivity index (χ4v) is 2.36. The highest BCUT2D eigenvalue weighted by molar-refractivity contribution is 5.69. The molecule has 0 aromatic heterocycles. The molecule has 0 amide bonds. The molecule has 0 saturated carbocycles. The summed E-state index contributed by atoms with van der Waals surface area (Å²) in [6.45, 7) is 3.50. The van der Waals surface area contributed by atoms with Crippen molar-refractivity contribution in [2.24, 2.45) is 0 Å². The summed E-state index contributed by atoms with van der Waals surface area (Å²) < 4.78 is 13.3. The molecule has 1 aromatic rings. The van der Waals surface area contributed by atoms with Gasteiger partial charge in [0.25, 0.3) is 0 Å². The summed E-state index contributed by atoms with van der Waals surface area (Å²) in [5, 5.41) is 17.5. The molecule has 5 nitrogen and oxygen atoms in total. The lowest BCUT2D eigenvalue weighted by Crippen LogP contribution is -2.47. The third-order valence-electron chi connectivity index (χ3n) is 3.32. The molecule has 2 rings (SSSR count). The summed E-state index contributed by atoms with van der Waals surface area (Å²) >= 11 is 0. The van der Waals surface area contributed by atoms with Crippen molar-refractivity contribution in [3.05, 3.63) is 35.1 Å². The molecule has 0 radical (unpaired) electrons. The van der Waals surface area contributed by atoms with Crippen molar-refractivity contribution in [1.82, 2.24) is 9.80 Å². The van der Waals surface area contributed by atoms with E-state index in [0.717, 1.165) is 18.7 Å². The molecule has 1 saturated heterocycles. The summed E-state index contributed by atoms with van der Waals surface area (Å²) in [4.78, 5) is 14.6. The van der Waals surface area contributed by atoms with Gasteiger partial charge in [-0.15, -0.1) is 0 Å². The molecule has 1 fully saturated rings. The zero-order chi connectivity index (χ0) is 14.5. The smallest absolute Gasteiger partial charge is 0.317 e. The van der Waals surface area contributed by atoms with Crippen molar-refractivity contribution < 1.29 is 14.3 Å². The van der Waals surface area contributed by atoms with Gasteiger partial charge in [-0.05, 0) is 23.8 Å². The Hall–Kier alpha value is -1.97. The van der Waals surface area contributed by atoms with Crippen molar-refractivity contribution in [1.29, 1.82) is 5.26 Å². The highest BCUT2D eigenvalue weighted by Crippen LogP contribution is 2.12. The molecule has 6 heteroatoms. The number of rotatable bonds is 4. The number of hydrogen-bond donors (Lipinski definition) is 1. The van der Waals surface area contributed by atoms with Crippen LogP contribution in [0.1, 0.15) is 11.1 Å². The molecule has 0 aliphatic carbocycles. The van der Waals surface area contributed by atoms with Gasteiger partial charge in [-0.2, -0.15) is 5.26 Å². The second-order valence-electron chi connectivity index (χ2n) is 4.91. The number of carboxylic acid groups (broad SMARTS) is 1. The number of carboxylic acids is 1. The summed E-state index contributed by atoms with van der Waals surface area (Å²) in [7, 11) is 0. The zero-order valence-corrected chi connectivity index (χ0v) is 11.0. The molecule has 1 aliphatic rings. The first-order valence-corrected chi connectivity index (χ1v) is 6.43.